The van der Waals surface area contributed by atoms with Gasteiger partial charge in [-0.25, -0.2) is 9.59 Å². The van der Waals surface area contributed by atoms with E-state index in [1.54, 1.807) is 13.2 Å². The van der Waals surface area contributed by atoms with Crippen molar-refractivity contribution < 1.29 is 14.7 Å². The molecule has 0 aliphatic heterocycles. The number of aliphatic carboxylic acids is 1. The van der Waals surface area contributed by atoms with E-state index in [-0.39, 0.29) is 10.6 Å². The van der Waals surface area contributed by atoms with Gasteiger partial charge in [-0.1, -0.05) is 0 Å². The molecule has 0 spiro atoms. The van der Waals surface area contributed by atoms with Gasteiger partial charge in [0.1, 0.15) is 10.6 Å². The van der Waals surface area contributed by atoms with Crippen molar-refractivity contribution in [2.75, 3.05) is 13.3 Å². The Kier molecular flexibility index (Phi) is 4.59. The number of aryl methyl sites for hydroxylation is 1. The Morgan fingerprint density at radius 2 is 1.95 bits per heavy atom. The summed E-state index contributed by atoms with van der Waals surface area (Å²) >= 11 is 1.16. The normalized spacial score (nSPS) is 11.2. The first-order valence-corrected chi connectivity index (χ1v) is 7.01. The molecule has 0 fully saturated rings. The van der Waals surface area contributed by atoms with Crippen LogP contribution in [0.4, 0.5) is 0 Å². The van der Waals surface area contributed by atoms with Crippen LogP contribution in [0, 0.1) is 6.92 Å². The molecule has 0 aliphatic rings. The second-order valence-corrected chi connectivity index (χ2v) is 5.57. The van der Waals surface area contributed by atoms with Gasteiger partial charge in [0.05, 0.1) is 5.56 Å². The van der Waals surface area contributed by atoms with E-state index in [0.717, 1.165) is 16.7 Å². The number of aromatic nitrogens is 2. The molecule has 1 heterocycles. The number of carbonyl (C=O) groups excluding carboxylic acids is 1. The predicted molar refractivity (Wildman–Crippen MR) is 75.2 cm³/mol. The van der Waals surface area contributed by atoms with Gasteiger partial charge in [0.25, 0.3) is 5.91 Å². The molecule has 8 heteroatoms. The van der Waals surface area contributed by atoms with Gasteiger partial charge in [-0.05, 0) is 27.0 Å². The second-order valence-electron chi connectivity index (χ2n) is 4.78. The third-order valence-corrected chi connectivity index (χ3v) is 3.84. The van der Waals surface area contributed by atoms with Crippen molar-refractivity contribution in [3.8, 4) is 0 Å². The minimum atomic E-state index is -1.37. The van der Waals surface area contributed by atoms with Crippen molar-refractivity contribution in [3.63, 3.8) is 0 Å². The Bertz CT molecular complexity index is 609. The molecule has 0 radical (unpaired) electrons. The molecule has 0 unspecified atom stereocenters. The summed E-state index contributed by atoms with van der Waals surface area (Å²) in [6.07, 6.45) is 1.69. The summed E-state index contributed by atoms with van der Waals surface area (Å²) in [5.74, 6) is -1.61. The number of likely N-dealkylation sites (N-methyl/N-ethyl adjacent to an activating group) is 1. The van der Waals surface area contributed by atoms with E-state index in [1.165, 1.54) is 20.9 Å². The van der Waals surface area contributed by atoms with Gasteiger partial charge < -0.3 is 15.0 Å². The van der Waals surface area contributed by atoms with Crippen molar-refractivity contribution in [2.45, 2.75) is 31.3 Å². The Balaban J connectivity index is 3.36. The van der Waals surface area contributed by atoms with E-state index in [2.05, 4.69) is 9.97 Å². The highest BCUT2D eigenvalue weighted by molar-refractivity contribution is 7.98. The highest BCUT2D eigenvalue weighted by Gasteiger charge is 2.37. The molecule has 20 heavy (non-hydrogen) atoms. The number of hydrogen-bond donors (Lipinski definition) is 2. The SMILES string of the molecule is CSc1nc(=O)[nH]c(C)c1C(=O)N(C)C(C)(C)C(=O)O. The standard InChI is InChI=1S/C12H17N3O4S/c1-6-7(8(20-5)14-11(19)13-6)9(16)15(4)12(2,3)10(17)18/h1-5H3,(H,17,18)(H,13,14,19). The molecule has 0 aromatic carbocycles. The number of thioether (sulfide) groups is 1. The number of nitrogens with one attached hydrogen (secondary N) is 1. The molecule has 1 rings (SSSR count). The van der Waals surface area contributed by atoms with Crippen LogP contribution in [-0.4, -0.2) is 50.7 Å². The molecule has 7 nitrogen and oxygen atoms in total. The zero-order chi connectivity index (χ0) is 15.7. The highest BCUT2D eigenvalue weighted by atomic mass is 32.2. The van der Waals surface area contributed by atoms with Crippen LogP contribution in [0.1, 0.15) is 29.9 Å². The van der Waals surface area contributed by atoms with Crippen molar-refractivity contribution >= 4 is 23.6 Å². The van der Waals surface area contributed by atoms with Gasteiger partial charge >= 0.3 is 11.7 Å². The molecule has 110 valence electrons. The van der Waals surface area contributed by atoms with Crippen LogP contribution in [0.2, 0.25) is 0 Å². The summed E-state index contributed by atoms with van der Waals surface area (Å²) in [5, 5.41) is 9.46. The predicted octanol–water partition coefficient (Wildman–Crippen LogP) is 0.735. The van der Waals surface area contributed by atoms with Crippen LogP contribution in [0.25, 0.3) is 0 Å². The molecule has 0 aliphatic carbocycles. The van der Waals surface area contributed by atoms with Crippen LogP contribution >= 0.6 is 11.8 Å². The summed E-state index contributed by atoms with van der Waals surface area (Å²) < 4.78 is 0. The molecule has 0 saturated heterocycles. The van der Waals surface area contributed by atoms with Crippen molar-refractivity contribution in [1.82, 2.24) is 14.9 Å². The largest absolute Gasteiger partial charge is 0.480 e. The number of amides is 1. The van der Waals surface area contributed by atoms with E-state index in [4.69, 9.17) is 0 Å². The van der Waals surface area contributed by atoms with Crippen LogP contribution in [0.5, 0.6) is 0 Å². The Labute approximate surface area is 120 Å². The highest BCUT2D eigenvalue weighted by Crippen LogP contribution is 2.23. The Morgan fingerprint density at radius 3 is 2.40 bits per heavy atom. The minimum Gasteiger partial charge on any atom is -0.480 e. The van der Waals surface area contributed by atoms with Gasteiger partial charge in [0, 0.05) is 12.7 Å². The quantitative estimate of drug-likeness (QED) is 0.627. The number of nitrogens with zero attached hydrogens (tertiary/aromatic N) is 2. The molecular formula is C12H17N3O4S. The number of H-pyrrole nitrogens is 1. The summed E-state index contributed by atoms with van der Waals surface area (Å²) in [4.78, 5) is 42.4. The number of carbonyl (C=O) groups is 2. The summed E-state index contributed by atoms with van der Waals surface area (Å²) in [5.41, 5.74) is -1.32. The Morgan fingerprint density at radius 1 is 1.40 bits per heavy atom. The van der Waals surface area contributed by atoms with Crippen molar-refractivity contribution in [1.29, 1.82) is 0 Å². The van der Waals surface area contributed by atoms with Crippen molar-refractivity contribution in [3.05, 3.63) is 21.7 Å². The van der Waals surface area contributed by atoms with E-state index in [9.17, 15) is 19.5 Å². The molecule has 1 amide bonds. The summed E-state index contributed by atoms with van der Waals surface area (Å²) in [6.45, 7) is 4.44. The molecule has 1 aromatic heterocycles. The molecule has 1 aromatic rings. The van der Waals surface area contributed by atoms with Gasteiger partial charge in [-0.3, -0.25) is 4.79 Å². The second kappa shape index (κ2) is 5.66. The smallest absolute Gasteiger partial charge is 0.346 e. The van der Waals surface area contributed by atoms with Crippen LogP contribution in [-0.2, 0) is 4.79 Å². The van der Waals surface area contributed by atoms with E-state index >= 15 is 0 Å². The fourth-order valence-corrected chi connectivity index (χ4v) is 2.14. The lowest BCUT2D eigenvalue weighted by atomic mass is 10.0. The lowest BCUT2D eigenvalue weighted by Gasteiger charge is -2.32. The molecule has 0 saturated carbocycles. The van der Waals surface area contributed by atoms with Crippen molar-refractivity contribution in [2.24, 2.45) is 0 Å². The Hall–Kier alpha value is -1.83. The molecular weight excluding hydrogens is 282 g/mol. The molecule has 2 N–H and O–H groups in total. The zero-order valence-electron chi connectivity index (χ0n) is 12.0. The lowest BCUT2D eigenvalue weighted by Crippen LogP contribution is -2.51. The number of carboxylic acids is 1. The fourth-order valence-electron chi connectivity index (χ4n) is 1.52. The lowest BCUT2D eigenvalue weighted by molar-refractivity contribution is -0.147. The maximum atomic E-state index is 12.5. The minimum absolute atomic E-state index is 0.217. The number of hydrogen-bond acceptors (Lipinski definition) is 5. The van der Waals surface area contributed by atoms with Crippen LogP contribution in [0.3, 0.4) is 0 Å². The third-order valence-electron chi connectivity index (χ3n) is 3.16. The van der Waals surface area contributed by atoms with Gasteiger partial charge in [-0.15, -0.1) is 11.8 Å². The number of carboxylic acid groups (broad SMARTS) is 1. The fraction of sp³-hybridized carbons (Fsp3) is 0.500. The maximum Gasteiger partial charge on any atom is 0.346 e. The average molecular weight is 299 g/mol. The third kappa shape index (κ3) is 2.84. The zero-order valence-corrected chi connectivity index (χ0v) is 12.8. The molecule has 0 bridgehead atoms. The molecule has 0 atom stereocenters. The first-order valence-electron chi connectivity index (χ1n) is 5.79. The van der Waals surface area contributed by atoms with E-state index < -0.39 is 23.1 Å². The van der Waals surface area contributed by atoms with Crippen LogP contribution < -0.4 is 5.69 Å². The monoisotopic (exact) mass is 299 g/mol. The average Bonchev–Trinajstić information content (AvgIpc) is 2.35. The first-order chi connectivity index (χ1) is 9.12. The number of rotatable bonds is 4. The van der Waals surface area contributed by atoms with Crippen LogP contribution in [0.15, 0.2) is 9.82 Å². The number of aromatic amines is 1. The topological polar surface area (TPSA) is 103 Å². The summed E-state index contributed by atoms with van der Waals surface area (Å²) in [6, 6.07) is 0. The van der Waals surface area contributed by atoms with E-state index in [1.807, 2.05) is 0 Å². The van der Waals surface area contributed by atoms with Gasteiger partial charge in [0.15, 0.2) is 0 Å². The summed E-state index contributed by atoms with van der Waals surface area (Å²) in [7, 11) is 1.41. The van der Waals surface area contributed by atoms with E-state index in [0.29, 0.717) is 5.69 Å². The first kappa shape index (κ1) is 16.2. The van der Waals surface area contributed by atoms with Gasteiger partial charge in [0.2, 0.25) is 0 Å². The van der Waals surface area contributed by atoms with Gasteiger partial charge in [-0.2, -0.15) is 4.98 Å². The maximum absolute atomic E-state index is 12.5.